The molecular formula is C15H20FNO2. The van der Waals surface area contributed by atoms with Gasteiger partial charge in [0.25, 0.3) is 0 Å². The second kappa shape index (κ2) is 5.29. The van der Waals surface area contributed by atoms with Gasteiger partial charge in [0.1, 0.15) is 11.4 Å². The molecule has 19 heavy (non-hydrogen) atoms. The first-order valence-corrected chi connectivity index (χ1v) is 6.71. The van der Waals surface area contributed by atoms with Gasteiger partial charge in [-0.25, -0.2) is 4.39 Å². The Kier molecular flexibility index (Phi) is 3.90. The summed E-state index contributed by atoms with van der Waals surface area (Å²) in [5.41, 5.74) is 0.127. The summed E-state index contributed by atoms with van der Waals surface area (Å²) in [6.07, 6.45) is 2.61. The number of piperidine rings is 1. The maximum atomic E-state index is 13.0. The molecule has 1 aliphatic rings. The van der Waals surface area contributed by atoms with E-state index in [2.05, 4.69) is 0 Å². The highest BCUT2D eigenvalue weighted by atomic mass is 19.1. The molecule has 0 saturated carbocycles. The molecule has 0 amide bonds. The highest BCUT2D eigenvalue weighted by molar-refractivity contribution is 5.78. The van der Waals surface area contributed by atoms with Gasteiger partial charge < -0.3 is 5.11 Å². The number of likely N-dealkylation sites (tertiary alicyclic amines) is 1. The monoisotopic (exact) mass is 265 g/mol. The highest BCUT2D eigenvalue weighted by Gasteiger charge is 2.43. The molecule has 0 aromatic heterocycles. The fourth-order valence-corrected chi connectivity index (χ4v) is 2.91. The van der Waals surface area contributed by atoms with Gasteiger partial charge in [-0.1, -0.05) is 12.1 Å². The van der Waals surface area contributed by atoms with Crippen LogP contribution in [0.4, 0.5) is 4.39 Å². The third kappa shape index (κ3) is 2.63. The third-order valence-electron chi connectivity index (χ3n) is 4.23. The minimum atomic E-state index is -0.827. The van der Waals surface area contributed by atoms with Crippen LogP contribution in [0.2, 0.25) is 0 Å². The number of rotatable bonds is 3. The van der Waals surface area contributed by atoms with Crippen molar-refractivity contribution in [3.63, 3.8) is 0 Å². The van der Waals surface area contributed by atoms with Crippen LogP contribution in [0.1, 0.15) is 44.7 Å². The van der Waals surface area contributed by atoms with Gasteiger partial charge in [-0.2, -0.15) is 0 Å². The van der Waals surface area contributed by atoms with E-state index in [1.54, 1.807) is 19.1 Å². The predicted octanol–water partition coefficient (Wildman–Crippen LogP) is 3.22. The van der Waals surface area contributed by atoms with E-state index in [1.807, 2.05) is 11.8 Å². The summed E-state index contributed by atoms with van der Waals surface area (Å²) >= 11 is 0. The standard InChI is InChI=1S/C15H20FNO2/c1-11(12-5-7-13(16)8-6-12)17-10-4-3-9-15(17,2)14(18)19/h5-8,11H,3-4,9-10H2,1-2H3,(H,18,19). The molecule has 2 unspecified atom stereocenters. The van der Waals surface area contributed by atoms with Crippen LogP contribution in [-0.2, 0) is 4.79 Å². The van der Waals surface area contributed by atoms with Crippen LogP contribution in [0.5, 0.6) is 0 Å². The largest absolute Gasteiger partial charge is 0.480 e. The van der Waals surface area contributed by atoms with Crippen molar-refractivity contribution in [1.82, 2.24) is 4.90 Å². The van der Waals surface area contributed by atoms with E-state index < -0.39 is 11.5 Å². The van der Waals surface area contributed by atoms with Gasteiger partial charge in [0.2, 0.25) is 0 Å². The van der Waals surface area contributed by atoms with Gasteiger partial charge in [-0.05, 0) is 57.4 Å². The first-order valence-electron chi connectivity index (χ1n) is 6.71. The van der Waals surface area contributed by atoms with E-state index in [9.17, 15) is 14.3 Å². The van der Waals surface area contributed by atoms with E-state index >= 15 is 0 Å². The quantitative estimate of drug-likeness (QED) is 0.912. The molecule has 2 atom stereocenters. The van der Waals surface area contributed by atoms with Gasteiger partial charge in [-0.15, -0.1) is 0 Å². The summed E-state index contributed by atoms with van der Waals surface area (Å²) in [5, 5.41) is 9.51. The Morgan fingerprint density at radius 1 is 1.37 bits per heavy atom. The van der Waals surface area contributed by atoms with Gasteiger partial charge in [0, 0.05) is 6.04 Å². The number of halogens is 1. The van der Waals surface area contributed by atoms with Crippen LogP contribution in [0, 0.1) is 5.82 Å². The molecule has 0 aliphatic carbocycles. The van der Waals surface area contributed by atoms with Crippen LogP contribution in [0.25, 0.3) is 0 Å². The lowest BCUT2D eigenvalue weighted by molar-refractivity contribution is -0.155. The Morgan fingerprint density at radius 2 is 2.00 bits per heavy atom. The first-order chi connectivity index (χ1) is 8.95. The van der Waals surface area contributed by atoms with Crippen molar-refractivity contribution in [2.45, 2.75) is 44.7 Å². The molecule has 4 heteroatoms. The fraction of sp³-hybridized carbons (Fsp3) is 0.533. The number of carboxylic acids is 1. The van der Waals surface area contributed by atoms with Crippen LogP contribution >= 0.6 is 0 Å². The molecule has 0 radical (unpaired) electrons. The molecule has 1 heterocycles. The second-order valence-corrected chi connectivity index (χ2v) is 5.46. The molecule has 3 nitrogen and oxygen atoms in total. The Labute approximate surface area is 113 Å². The number of benzene rings is 1. The Bertz CT molecular complexity index is 460. The Balaban J connectivity index is 2.27. The van der Waals surface area contributed by atoms with Crippen molar-refractivity contribution < 1.29 is 14.3 Å². The molecular weight excluding hydrogens is 245 g/mol. The molecule has 1 aromatic rings. The average Bonchev–Trinajstić information content (AvgIpc) is 2.39. The first kappa shape index (κ1) is 14.0. The van der Waals surface area contributed by atoms with E-state index in [0.717, 1.165) is 24.9 Å². The minimum absolute atomic E-state index is 0.0259. The number of hydrogen-bond donors (Lipinski definition) is 1. The van der Waals surface area contributed by atoms with Crippen LogP contribution in [-0.4, -0.2) is 28.1 Å². The Morgan fingerprint density at radius 3 is 2.58 bits per heavy atom. The topological polar surface area (TPSA) is 40.5 Å². The second-order valence-electron chi connectivity index (χ2n) is 5.46. The van der Waals surface area contributed by atoms with Gasteiger partial charge in [-0.3, -0.25) is 9.69 Å². The maximum Gasteiger partial charge on any atom is 0.323 e. The van der Waals surface area contributed by atoms with E-state index in [0.29, 0.717) is 6.42 Å². The van der Waals surface area contributed by atoms with Crippen molar-refractivity contribution in [3.8, 4) is 0 Å². The van der Waals surface area contributed by atoms with Crippen molar-refractivity contribution in [2.75, 3.05) is 6.54 Å². The highest BCUT2D eigenvalue weighted by Crippen LogP contribution is 2.35. The maximum absolute atomic E-state index is 13.0. The number of aliphatic carboxylic acids is 1. The summed E-state index contributed by atoms with van der Waals surface area (Å²) in [5.74, 6) is -1.04. The van der Waals surface area contributed by atoms with Crippen LogP contribution in [0.15, 0.2) is 24.3 Å². The zero-order chi connectivity index (χ0) is 14.0. The Hall–Kier alpha value is -1.42. The lowest BCUT2D eigenvalue weighted by Gasteiger charge is -2.45. The van der Waals surface area contributed by atoms with Gasteiger partial charge >= 0.3 is 5.97 Å². The summed E-state index contributed by atoms with van der Waals surface area (Å²) in [7, 11) is 0. The summed E-state index contributed by atoms with van der Waals surface area (Å²) in [6.45, 7) is 4.54. The zero-order valence-corrected chi connectivity index (χ0v) is 11.4. The van der Waals surface area contributed by atoms with E-state index in [1.165, 1.54) is 12.1 Å². The molecule has 104 valence electrons. The number of carboxylic acid groups (broad SMARTS) is 1. The third-order valence-corrected chi connectivity index (χ3v) is 4.23. The fourth-order valence-electron chi connectivity index (χ4n) is 2.91. The SMILES string of the molecule is CC(c1ccc(F)cc1)N1CCCCC1(C)C(=O)O. The van der Waals surface area contributed by atoms with Crippen molar-refractivity contribution in [3.05, 3.63) is 35.6 Å². The van der Waals surface area contributed by atoms with E-state index in [-0.39, 0.29) is 11.9 Å². The summed E-state index contributed by atoms with van der Waals surface area (Å²) in [4.78, 5) is 13.6. The van der Waals surface area contributed by atoms with E-state index in [4.69, 9.17) is 0 Å². The smallest absolute Gasteiger partial charge is 0.323 e. The zero-order valence-electron chi connectivity index (χ0n) is 11.4. The molecule has 1 aliphatic heterocycles. The lowest BCUT2D eigenvalue weighted by Crippen LogP contribution is -2.55. The number of carbonyl (C=O) groups is 1. The molecule has 1 saturated heterocycles. The van der Waals surface area contributed by atoms with Crippen molar-refractivity contribution >= 4 is 5.97 Å². The molecule has 0 spiro atoms. The van der Waals surface area contributed by atoms with Gasteiger partial charge in [0.15, 0.2) is 0 Å². The molecule has 2 rings (SSSR count). The lowest BCUT2D eigenvalue weighted by atomic mass is 9.86. The number of hydrogen-bond acceptors (Lipinski definition) is 2. The molecule has 1 N–H and O–H groups in total. The van der Waals surface area contributed by atoms with Crippen molar-refractivity contribution in [2.24, 2.45) is 0 Å². The predicted molar refractivity (Wildman–Crippen MR) is 71.4 cm³/mol. The average molecular weight is 265 g/mol. The number of nitrogens with zero attached hydrogens (tertiary/aromatic N) is 1. The molecule has 1 fully saturated rings. The minimum Gasteiger partial charge on any atom is -0.480 e. The summed E-state index contributed by atoms with van der Waals surface area (Å²) < 4.78 is 13.0. The van der Waals surface area contributed by atoms with Crippen LogP contribution < -0.4 is 0 Å². The van der Waals surface area contributed by atoms with Crippen molar-refractivity contribution in [1.29, 1.82) is 0 Å². The molecule has 0 bridgehead atoms. The molecule has 1 aromatic carbocycles. The summed E-state index contributed by atoms with van der Waals surface area (Å²) in [6, 6.07) is 6.29. The van der Waals surface area contributed by atoms with Crippen LogP contribution in [0.3, 0.4) is 0 Å². The normalized spacial score (nSPS) is 26.1. The van der Waals surface area contributed by atoms with Gasteiger partial charge in [0.05, 0.1) is 0 Å².